The Labute approximate surface area is 172 Å². The number of hydrogen-bond donors (Lipinski definition) is 1. The molecule has 1 N–H and O–H groups in total. The minimum absolute atomic E-state index is 0.0115. The molecule has 1 unspecified atom stereocenters. The number of methoxy groups -OCH3 is 1. The van der Waals surface area contributed by atoms with E-state index in [1.807, 2.05) is 76.5 Å². The summed E-state index contributed by atoms with van der Waals surface area (Å²) in [5, 5.41) is 7.47. The highest BCUT2D eigenvalue weighted by Gasteiger charge is 2.21. The molecule has 3 rings (SSSR count). The van der Waals surface area contributed by atoms with Crippen LogP contribution in [0.25, 0.3) is 5.69 Å². The van der Waals surface area contributed by atoms with E-state index in [9.17, 15) is 4.79 Å². The van der Waals surface area contributed by atoms with Gasteiger partial charge in [-0.05, 0) is 46.1 Å². The van der Waals surface area contributed by atoms with Crippen LogP contribution in [0.15, 0.2) is 54.7 Å². The Morgan fingerprint density at radius 1 is 1.14 bits per heavy atom. The first-order valence-corrected chi connectivity index (χ1v) is 9.61. The second-order valence-electron chi connectivity index (χ2n) is 7.32. The first-order chi connectivity index (χ1) is 13.9. The van der Waals surface area contributed by atoms with Crippen LogP contribution in [-0.4, -0.2) is 48.3 Å². The number of ether oxygens (including phenoxy) is 1. The standard InChI is InChI=1S/C23H28N4O2/c1-16-10-12-18(13-11-16)27-17(2)20(14-25-27)23(28)24-15-21(26(3)4)19-8-6-7-9-22(19)29-5/h6-14,21H,15H2,1-5H3,(H,24,28). The third-order valence-electron chi connectivity index (χ3n) is 5.11. The summed E-state index contributed by atoms with van der Waals surface area (Å²) in [5.74, 6) is 0.673. The van der Waals surface area contributed by atoms with E-state index in [-0.39, 0.29) is 11.9 Å². The Morgan fingerprint density at radius 3 is 2.48 bits per heavy atom. The molecule has 152 valence electrons. The Morgan fingerprint density at radius 2 is 1.83 bits per heavy atom. The lowest BCUT2D eigenvalue weighted by Crippen LogP contribution is -2.35. The van der Waals surface area contributed by atoms with Crippen LogP contribution < -0.4 is 10.1 Å². The largest absolute Gasteiger partial charge is 0.496 e. The number of nitrogens with one attached hydrogen (secondary N) is 1. The lowest BCUT2D eigenvalue weighted by molar-refractivity contribution is 0.0941. The molecule has 29 heavy (non-hydrogen) atoms. The van der Waals surface area contributed by atoms with E-state index in [1.165, 1.54) is 5.56 Å². The number of aryl methyl sites for hydroxylation is 1. The summed E-state index contributed by atoms with van der Waals surface area (Å²) in [6, 6.07) is 15.9. The normalized spacial score (nSPS) is 12.1. The van der Waals surface area contributed by atoms with Gasteiger partial charge >= 0.3 is 0 Å². The van der Waals surface area contributed by atoms with E-state index in [2.05, 4.69) is 15.3 Å². The molecule has 0 fully saturated rings. The lowest BCUT2D eigenvalue weighted by Gasteiger charge is -2.26. The Hall–Kier alpha value is -3.12. The summed E-state index contributed by atoms with van der Waals surface area (Å²) < 4.78 is 7.28. The molecule has 6 nitrogen and oxygen atoms in total. The van der Waals surface area contributed by atoms with Crippen molar-refractivity contribution in [2.24, 2.45) is 0 Å². The van der Waals surface area contributed by atoms with Crippen LogP contribution in [0.2, 0.25) is 0 Å². The first-order valence-electron chi connectivity index (χ1n) is 9.61. The maximum atomic E-state index is 12.9. The first kappa shape index (κ1) is 20.6. The fraction of sp³-hybridized carbons (Fsp3) is 0.304. The van der Waals surface area contributed by atoms with Crippen LogP contribution in [0.3, 0.4) is 0 Å². The maximum Gasteiger partial charge on any atom is 0.254 e. The number of rotatable bonds is 7. The van der Waals surface area contributed by atoms with Gasteiger partial charge in [-0.1, -0.05) is 35.9 Å². The molecule has 2 aromatic carbocycles. The van der Waals surface area contributed by atoms with Crippen molar-refractivity contribution >= 4 is 5.91 Å². The van der Waals surface area contributed by atoms with E-state index < -0.39 is 0 Å². The molecule has 1 atom stereocenters. The number of para-hydroxylation sites is 1. The number of benzene rings is 2. The van der Waals surface area contributed by atoms with Crippen molar-refractivity contribution in [1.82, 2.24) is 20.0 Å². The maximum absolute atomic E-state index is 12.9. The molecule has 0 saturated carbocycles. The molecule has 0 aliphatic heterocycles. The zero-order valence-corrected chi connectivity index (χ0v) is 17.6. The van der Waals surface area contributed by atoms with E-state index >= 15 is 0 Å². The third-order valence-corrected chi connectivity index (χ3v) is 5.11. The Balaban J connectivity index is 1.77. The number of aromatic nitrogens is 2. The van der Waals surface area contributed by atoms with Crippen LogP contribution in [0, 0.1) is 13.8 Å². The highest BCUT2D eigenvalue weighted by molar-refractivity contribution is 5.95. The topological polar surface area (TPSA) is 59.4 Å². The summed E-state index contributed by atoms with van der Waals surface area (Å²) >= 11 is 0. The van der Waals surface area contributed by atoms with Crippen LogP contribution >= 0.6 is 0 Å². The summed E-state index contributed by atoms with van der Waals surface area (Å²) in [5.41, 5.74) is 4.54. The molecule has 6 heteroatoms. The van der Waals surface area contributed by atoms with Crippen molar-refractivity contribution in [1.29, 1.82) is 0 Å². The van der Waals surface area contributed by atoms with Crippen molar-refractivity contribution < 1.29 is 9.53 Å². The van der Waals surface area contributed by atoms with Crippen LogP contribution in [0.4, 0.5) is 0 Å². The van der Waals surface area contributed by atoms with E-state index in [1.54, 1.807) is 18.0 Å². The summed E-state index contributed by atoms with van der Waals surface area (Å²) in [4.78, 5) is 14.9. The van der Waals surface area contributed by atoms with Gasteiger partial charge in [0.15, 0.2) is 0 Å². The number of carbonyl (C=O) groups excluding carboxylic acids is 1. The molecule has 0 radical (unpaired) electrons. The second kappa shape index (κ2) is 8.92. The average Bonchev–Trinajstić information content (AvgIpc) is 3.10. The second-order valence-corrected chi connectivity index (χ2v) is 7.32. The fourth-order valence-electron chi connectivity index (χ4n) is 3.38. The van der Waals surface area contributed by atoms with E-state index in [4.69, 9.17) is 4.74 Å². The van der Waals surface area contributed by atoms with Crippen molar-refractivity contribution in [3.8, 4) is 11.4 Å². The average molecular weight is 393 g/mol. The molecule has 0 aliphatic rings. The van der Waals surface area contributed by atoms with Gasteiger partial charge in [0.1, 0.15) is 5.75 Å². The monoisotopic (exact) mass is 392 g/mol. The molecular weight excluding hydrogens is 364 g/mol. The molecule has 0 saturated heterocycles. The number of nitrogens with zero attached hydrogens (tertiary/aromatic N) is 3. The molecule has 0 bridgehead atoms. The van der Waals surface area contributed by atoms with Crippen molar-refractivity contribution in [2.45, 2.75) is 19.9 Å². The SMILES string of the molecule is COc1ccccc1C(CNC(=O)c1cnn(-c2ccc(C)cc2)c1C)N(C)C. The van der Waals surface area contributed by atoms with Crippen LogP contribution in [0.5, 0.6) is 5.75 Å². The van der Waals surface area contributed by atoms with Gasteiger partial charge in [-0.15, -0.1) is 0 Å². The van der Waals surface area contributed by atoms with Crippen LogP contribution in [0.1, 0.15) is 33.2 Å². The highest BCUT2D eigenvalue weighted by atomic mass is 16.5. The highest BCUT2D eigenvalue weighted by Crippen LogP contribution is 2.27. The minimum Gasteiger partial charge on any atom is -0.496 e. The Bertz CT molecular complexity index is 977. The molecular formula is C23H28N4O2. The zero-order chi connectivity index (χ0) is 21.0. The van der Waals surface area contributed by atoms with E-state index in [0.29, 0.717) is 12.1 Å². The van der Waals surface area contributed by atoms with Gasteiger partial charge in [0.05, 0.1) is 36.3 Å². The third kappa shape index (κ3) is 4.49. The van der Waals surface area contributed by atoms with Gasteiger partial charge in [-0.25, -0.2) is 4.68 Å². The Kier molecular flexibility index (Phi) is 6.34. The van der Waals surface area contributed by atoms with Crippen LogP contribution in [-0.2, 0) is 0 Å². The summed E-state index contributed by atoms with van der Waals surface area (Å²) in [7, 11) is 5.64. The van der Waals surface area contributed by atoms with Gasteiger partial charge in [0, 0.05) is 12.1 Å². The van der Waals surface area contributed by atoms with Crippen molar-refractivity contribution in [3.63, 3.8) is 0 Å². The van der Waals surface area contributed by atoms with Gasteiger partial charge < -0.3 is 15.0 Å². The van der Waals surface area contributed by atoms with E-state index in [0.717, 1.165) is 22.7 Å². The van der Waals surface area contributed by atoms with Gasteiger partial charge in [0.2, 0.25) is 0 Å². The molecule has 0 spiro atoms. The quantitative estimate of drug-likeness (QED) is 0.668. The zero-order valence-electron chi connectivity index (χ0n) is 17.6. The van der Waals surface area contributed by atoms with Gasteiger partial charge in [-0.2, -0.15) is 5.10 Å². The predicted molar refractivity (Wildman–Crippen MR) is 115 cm³/mol. The van der Waals surface area contributed by atoms with Crippen molar-refractivity contribution in [2.75, 3.05) is 27.7 Å². The van der Waals surface area contributed by atoms with Crippen molar-refractivity contribution in [3.05, 3.63) is 77.1 Å². The van der Waals surface area contributed by atoms with Gasteiger partial charge in [0.25, 0.3) is 5.91 Å². The number of amides is 1. The summed E-state index contributed by atoms with van der Waals surface area (Å²) in [6.07, 6.45) is 1.62. The molecule has 3 aromatic rings. The molecule has 0 aliphatic carbocycles. The molecule has 1 amide bonds. The number of hydrogen-bond acceptors (Lipinski definition) is 4. The fourth-order valence-corrected chi connectivity index (χ4v) is 3.38. The lowest BCUT2D eigenvalue weighted by atomic mass is 10.0. The number of carbonyl (C=O) groups is 1. The molecule has 1 aromatic heterocycles. The number of likely N-dealkylation sites (N-methyl/N-ethyl adjacent to an activating group) is 1. The molecule has 1 heterocycles. The minimum atomic E-state index is -0.136. The predicted octanol–water partition coefficient (Wildman–Crippen LogP) is 3.53. The van der Waals surface area contributed by atoms with Gasteiger partial charge in [-0.3, -0.25) is 4.79 Å². The smallest absolute Gasteiger partial charge is 0.254 e. The summed E-state index contributed by atoms with van der Waals surface area (Å²) in [6.45, 7) is 4.41.